The molecule has 1 aliphatic rings. The molecular formula is C8H11N3O2S. The van der Waals surface area contributed by atoms with Gasteiger partial charge in [-0.2, -0.15) is 5.10 Å². The van der Waals surface area contributed by atoms with Crippen molar-refractivity contribution in [1.82, 2.24) is 15.2 Å². The average molecular weight is 213 g/mol. The Labute approximate surface area is 85.3 Å². The minimum absolute atomic E-state index is 0.139. The Morgan fingerprint density at radius 3 is 3.14 bits per heavy atom. The molecule has 5 nitrogen and oxygen atoms in total. The first-order valence-corrected chi connectivity index (χ1v) is 5.40. The normalized spacial score (nSPS) is 26.6. The fourth-order valence-electron chi connectivity index (χ4n) is 1.74. The highest BCUT2D eigenvalue weighted by atomic mass is 32.2. The number of aliphatic carboxylic acids is 1. The number of nitrogens with zero attached hydrogens (tertiary/aromatic N) is 2. The maximum absolute atomic E-state index is 10.9. The largest absolute Gasteiger partial charge is 0.481 e. The minimum atomic E-state index is -0.695. The molecule has 14 heavy (non-hydrogen) atoms. The van der Waals surface area contributed by atoms with Crippen LogP contribution < -0.4 is 0 Å². The van der Waals surface area contributed by atoms with E-state index in [1.807, 2.05) is 0 Å². The standard InChI is InChI=1S/C8H11N3O2S/c12-7(13)5-2-1-3-6(5)14-8-9-4-10-11-8/h4-6H,1-3H2,(H,12,13)(H,9,10,11). The molecule has 1 saturated carbocycles. The van der Waals surface area contributed by atoms with Crippen molar-refractivity contribution >= 4 is 17.7 Å². The quantitative estimate of drug-likeness (QED) is 0.787. The third-order valence-corrected chi connectivity index (χ3v) is 3.71. The van der Waals surface area contributed by atoms with Crippen LogP contribution in [0.3, 0.4) is 0 Å². The highest BCUT2D eigenvalue weighted by molar-refractivity contribution is 7.99. The molecule has 0 spiro atoms. The van der Waals surface area contributed by atoms with Crippen molar-refractivity contribution in [2.24, 2.45) is 5.92 Å². The number of H-pyrrole nitrogens is 1. The number of thioether (sulfide) groups is 1. The van der Waals surface area contributed by atoms with Crippen molar-refractivity contribution in [3.8, 4) is 0 Å². The molecule has 1 aromatic rings. The number of carboxylic acid groups (broad SMARTS) is 1. The SMILES string of the molecule is O=C(O)C1CCCC1Sc1ncn[nH]1. The van der Waals surface area contributed by atoms with Gasteiger partial charge in [-0.1, -0.05) is 18.2 Å². The molecule has 6 heteroatoms. The van der Waals surface area contributed by atoms with E-state index in [2.05, 4.69) is 15.2 Å². The van der Waals surface area contributed by atoms with E-state index in [0.717, 1.165) is 19.3 Å². The van der Waals surface area contributed by atoms with E-state index in [-0.39, 0.29) is 11.2 Å². The molecule has 0 aromatic carbocycles. The summed E-state index contributed by atoms with van der Waals surface area (Å²) in [4.78, 5) is 14.9. The maximum Gasteiger partial charge on any atom is 0.307 e. The number of hydrogen-bond donors (Lipinski definition) is 2. The summed E-state index contributed by atoms with van der Waals surface area (Å²) in [5.74, 6) is -0.926. The van der Waals surface area contributed by atoms with Gasteiger partial charge in [0.2, 0.25) is 0 Å². The lowest BCUT2D eigenvalue weighted by atomic mass is 10.1. The van der Waals surface area contributed by atoms with Gasteiger partial charge in [-0.05, 0) is 12.8 Å². The number of carbonyl (C=O) groups is 1. The fourth-order valence-corrected chi connectivity index (χ4v) is 2.95. The van der Waals surface area contributed by atoms with Crippen molar-refractivity contribution in [2.45, 2.75) is 29.7 Å². The zero-order valence-electron chi connectivity index (χ0n) is 7.51. The molecule has 1 heterocycles. The van der Waals surface area contributed by atoms with E-state index < -0.39 is 5.97 Å². The first-order valence-electron chi connectivity index (χ1n) is 4.52. The van der Waals surface area contributed by atoms with Crippen LogP contribution in [-0.2, 0) is 4.79 Å². The first-order chi connectivity index (χ1) is 6.77. The second-order valence-electron chi connectivity index (χ2n) is 3.32. The van der Waals surface area contributed by atoms with Crippen LogP contribution in [0.15, 0.2) is 11.5 Å². The van der Waals surface area contributed by atoms with Gasteiger partial charge in [0.1, 0.15) is 6.33 Å². The highest BCUT2D eigenvalue weighted by Gasteiger charge is 2.34. The Morgan fingerprint density at radius 1 is 1.64 bits per heavy atom. The van der Waals surface area contributed by atoms with Gasteiger partial charge in [-0.25, -0.2) is 4.98 Å². The number of carboxylic acids is 1. The van der Waals surface area contributed by atoms with Gasteiger partial charge in [-0.15, -0.1) is 0 Å². The minimum Gasteiger partial charge on any atom is -0.481 e. The van der Waals surface area contributed by atoms with Gasteiger partial charge in [0, 0.05) is 5.25 Å². The Bertz CT molecular complexity index is 314. The summed E-state index contributed by atoms with van der Waals surface area (Å²) in [5.41, 5.74) is 0. The summed E-state index contributed by atoms with van der Waals surface area (Å²) in [6, 6.07) is 0. The van der Waals surface area contributed by atoms with E-state index in [4.69, 9.17) is 5.11 Å². The monoisotopic (exact) mass is 213 g/mol. The maximum atomic E-state index is 10.9. The Morgan fingerprint density at radius 2 is 2.50 bits per heavy atom. The number of aromatic amines is 1. The third kappa shape index (κ3) is 1.89. The van der Waals surface area contributed by atoms with Crippen LogP contribution in [0.4, 0.5) is 0 Å². The van der Waals surface area contributed by atoms with Crippen molar-refractivity contribution in [2.75, 3.05) is 0 Å². The molecule has 1 aliphatic carbocycles. The number of rotatable bonds is 3. The van der Waals surface area contributed by atoms with Gasteiger partial charge in [0.25, 0.3) is 0 Å². The second-order valence-corrected chi connectivity index (χ2v) is 4.55. The van der Waals surface area contributed by atoms with Crippen molar-refractivity contribution in [3.05, 3.63) is 6.33 Å². The number of hydrogen-bond acceptors (Lipinski definition) is 4. The lowest BCUT2D eigenvalue weighted by Gasteiger charge is -2.12. The van der Waals surface area contributed by atoms with Crippen LogP contribution in [0.25, 0.3) is 0 Å². The van der Waals surface area contributed by atoms with Crippen LogP contribution >= 0.6 is 11.8 Å². The van der Waals surface area contributed by atoms with Crippen LogP contribution in [0.5, 0.6) is 0 Å². The topological polar surface area (TPSA) is 78.9 Å². The summed E-state index contributed by atoms with van der Waals surface area (Å²) in [7, 11) is 0. The Balaban J connectivity index is 2.00. The summed E-state index contributed by atoms with van der Waals surface area (Å²) in [6.45, 7) is 0. The van der Waals surface area contributed by atoms with Crippen LogP contribution in [0, 0.1) is 5.92 Å². The summed E-state index contributed by atoms with van der Waals surface area (Å²) >= 11 is 1.48. The molecule has 76 valence electrons. The zero-order valence-corrected chi connectivity index (χ0v) is 8.33. The smallest absolute Gasteiger partial charge is 0.307 e. The summed E-state index contributed by atoms with van der Waals surface area (Å²) in [6.07, 6.45) is 4.15. The van der Waals surface area contributed by atoms with Gasteiger partial charge >= 0.3 is 5.97 Å². The van der Waals surface area contributed by atoms with Crippen LogP contribution in [-0.4, -0.2) is 31.5 Å². The fraction of sp³-hybridized carbons (Fsp3) is 0.625. The number of aromatic nitrogens is 3. The van der Waals surface area contributed by atoms with E-state index in [1.54, 1.807) is 0 Å². The van der Waals surface area contributed by atoms with Gasteiger partial charge in [-0.3, -0.25) is 9.89 Å². The second kappa shape index (κ2) is 4.00. The van der Waals surface area contributed by atoms with E-state index in [1.165, 1.54) is 18.1 Å². The molecule has 2 unspecified atom stereocenters. The van der Waals surface area contributed by atoms with Gasteiger partial charge in [0.15, 0.2) is 5.16 Å². The Hall–Kier alpha value is -1.04. The average Bonchev–Trinajstić information content (AvgIpc) is 2.75. The molecule has 1 fully saturated rings. The lowest BCUT2D eigenvalue weighted by molar-refractivity contribution is -0.141. The molecule has 0 aliphatic heterocycles. The third-order valence-electron chi connectivity index (χ3n) is 2.43. The van der Waals surface area contributed by atoms with E-state index >= 15 is 0 Å². The molecule has 2 atom stereocenters. The molecule has 0 saturated heterocycles. The van der Waals surface area contributed by atoms with Crippen molar-refractivity contribution < 1.29 is 9.90 Å². The van der Waals surface area contributed by atoms with E-state index in [9.17, 15) is 4.79 Å². The molecule has 2 N–H and O–H groups in total. The summed E-state index contributed by atoms with van der Waals surface area (Å²) < 4.78 is 0. The predicted octanol–water partition coefficient (Wildman–Crippen LogP) is 1.15. The van der Waals surface area contributed by atoms with Crippen LogP contribution in [0.1, 0.15) is 19.3 Å². The highest BCUT2D eigenvalue weighted by Crippen LogP contribution is 2.37. The lowest BCUT2D eigenvalue weighted by Crippen LogP contribution is -2.20. The Kier molecular flexibility index (Phi) is 2.72. The predicted molar refractivity (Wildman–Crippen MR) is 51.0 cm³/mol. The molecule has 2 rings (SSSR count). The molecule has 1 aromatic heterocycles. The van der Waals surface area contributed by atoms with E-state index in [0.29, 0.717) is 5.16 Å². The first kappa shape index (κ1) is 9.51. The van der Waals surface area contributed by atoms with Gasteiger partial charge in [0.05, 0.1) is 5.92 Å². The van der Waals surface area contributed by atoms with Crippen molar-refractivity contribution in [3.63, 3.8) is 0 Å². The van der Waals surface area contributed by atoms with Crippen LogP contribution in [0.2, 0.25) is 0 Å². The number of nitrogens with one attached hydrogen (secondary N) is 1. The molecule has 0 radical (unpaired) electrons. The zero-order chi connectivity index (χ0) is 9.97. The summed E-state index contributed by atoms with van der Waals surface area (Å²) in [5, 5.41) is 16.3. The molecule has 0 bridgehead atoms. The van der Waals surface area contributed by atoms with Crippen molar-refractivity contribution in [1.29, 1.82) is 0 Å². The van der Waals surface area contributed by atoms with Gasteiger partial charge < -0.3 is 5.11 Å². The molecule has 0 amide bonds. The molecular weight excluding hydrogens is 202 g/mol.